The molecule has 0 unspecified atom stereocenters. The Morgan fingerprint density at radius 3 is 2.55 bits per heavy atom. The molecule has 0 radical (unpaired) electrons. The van der Waals surface area contributed by atoms with Crippen molar-refractivity contribution in [1.29, 1.82) is 0 Å². The first-order chi connectivity index (χ1) is 14.8. The average Bonchev–Trinajstić information content (AvgIpc) is 3.23. The highest BCUT2D eigenvalue weighted by atomic mass is 35.5. The van der Waals surface area contributed by atoms with Crippen molar-refractivity contribution in [3.63, 3.8) is 0 Å². The number of aromatic nitrogens is 2. The van der Waals surface area contributed by atoms with Crippen LogP contribution >= 0.6 is 23.3 Å². The number of hydrogen-bond donors (Lipinski definition) is 2. The molecule has 7 nitrogen and oxygen atoms in total. The maximum atomic E-state index is 14.2. The Balaban J connectivity index is 1.70. The van der Waals surface area contributed by atoms with Crippen LogP contribution in [0.25, 0.3) is 11.0 Å². The first-order valence-electron chi connectivity index (χ1n) is 8.89. The first-order valence-corrected chi connectivity index (χ1v) is 11.5. The molecule has 4 rings (SSSR count). The quantitative estimate of drug-likeness (QED) is 0.435. The van der Waals surface area contributed by atoms with Gasteiger partial charge in [0.1, 0.15) is 27.8 Å². The second kappa shape index (κ2) is 8.67. The predicted molar refractivity (Wildman–Crippen MR) is 117 cm³/mol. The average molecular weight is 477 g/mol. The van der Waals surface area contributed by atoms with Crippen LogP contribution in [-0.4, -0.2) is 23.1 Å². The maximum Gasteiger partial charge on any atom is 0.247 e. The van der Waals surface area contributed by atoms with E-state index in [1.54, 1.807) is 42.5 Å². The number of rotatable bonds is 6. The lowest BCUT2D eigenvalue weighted by Crippen LogP contribution is -2.37. The smallest absolute Gasteiger partial charge is 0.247 e. The van der Waals surface area contributed by atoms with Gasteiger partial charge in [-0.15, -0.1) is 0 Å². The predicted octanol–water partition coefficient (Wildman–Crippen LogP) is 4.14. The molecule has 0 spiro atoms. The van der Waals surface area contributed by atoms with Gasteiger partial charge in [-0.05, 0) is 35.9 Å². The fourth-order valence-corrected chi connectivity index (χ4v) is 5.04. The van der Waals surface area contributed by atoms with E-state index in [1.165, 1.54) is 18.2 Å². The highest BCUT2D eigenvalue weighted by Gasteiger charge is 2.29. The molecular weight excluding hydrogens is 463 g/mol. The molecule has 0 bridgehead atoms. The number of nitrogens with zero attached hydrogens (tertiary/aromatic N) is 2. The van der Waals surface area contributed by atoms with E-state index in [2.05, 4.69) is 18.8 Å². The second-order valence-corrected chi connectivity index (χ2v) is 9.11. The van der Waals surface area contributed by atoms with Crippen molar-refractivity contribution < 1.29 is 17.6 Å². The third kappa shape index (κ3) is 4.57. The van der Waals surface area contributed by atoms with E-state index in [1.807, 2.05) is 0 Å². The van der Waals surface area contributed by atoms with Crippen LogP contribution in [0.1, 0.15) is 11.6 Å². The van der Waals surface area contributed by atoms with E-state index in [9.17, 15) is 17.6 Å². The van der Waals surface area contributed by atoms with Gasteiger partial charge in [0.2, 0.25) is 15.9 Å². The van der Waals surface area contributed by atoms with Gasteiger partial charge >= 0.3 is 0 Å². The summed E-state index contributed by atoms with van der Waals surface area (Å²) in [6.45, 7) is 0. The third-order valence-corrected chi connectivity index (χ3v) is 6.63. The van der Waals surface area contributed by atoms with Crippen LogP contribution in [0.3, 0.4) is 0 Å². The van der Waals surface area contributed by atoms with Gasteiger partial charge in [0, 0.05) is 5.02 Å². The van der Waals surface area contributed by atoms with Crippen LogP contribution in [0.5, 0.6) is 0 Å². The number of anilines is 1. The van der Waals surface area contributed by atoms with E-state index in [4.69, 9.17) is 11.6 Å². The molecule has 1 aromatic heterocycles. The highest BCUT2D eigenvalue weighted by molar-refractivity contribution is 7.89. The van der Waals surface area contributed by atoms with Crippen molar-refractivity contribution in [2.75, 3.05) is 5.32 Å². The molecule has 0 aliphatic heterocycles. The van der Waals surface area contributed by atoms with Crippen molar-refractivity contribution in [3.8, 4) is 0 Å². The van der Waals surface area contributed by atoms with Crippen molar-refractivity contribution in [2.24, 2.45) is 0 Å². The largest absolute Gasteiger partial charge is 0.322 e. The van der Waals surface area contributed by atoms with Crippen LogP contribution in [0, 0.1) is 5.82 Å². The van der Waals surface area contributed by atoms with E-state index in [0.29, 0.717) is 11.1 Å². The van der Waals surface area contributed by atoms with E-state index in [-0.39, 0.29) is 21.1 Å². The summed E-state index contributed by atoms with van der Waals surface area (Å²) in [5, 5.41) is 2.58. The maximum absolute atomic E-state index is 14.2. The molecule has 11 heteroatoms. The fraction of sp³-hybridized carbons (Fsp3) is 0.0500. The number of amides is 1. The number of carbonyl (C=O) groups excluding carboxylic acids is 1. The minimum atomic E-state index is -4.18. The zero-order valence-corrected chi connectivity index (χ0v) is 18.0. The molecule has 2 N–H and O–H groups in total. The van der Waals surface area contributed by atoms with Crippen molar-refractivity contribution in [2.45, 2.75) is 10.9 Å². The summed E-state index contributed by atoms with van der Waals surface area (Å²) in [6, 6.07) is 15.2. The van der Waals surface area contributed by atoms with Gasteiger partial charge in [-0.2, -0.15) is 13.5 Å². The third-order valence-electron chi connectivity index (χ3n) is 4.40. The normalized spacial score (nSPS) is 12.6. The van der Waals surface area contributed by atoms with Crippen LogP contribution in [0.4, 0.5) is 10.1 Å². The summed E-state index contributed by atoms with van der Waals surface area (Å²) in [4.78, 5) is 12.9. The standard InChI is InChI=1S/C20H14ClFN4O3S2/c21-13-9-10-15(14(22)11-13)23-20(27)18(12-5-2-1-3-6-12)26-31(28,29)17-8-4-7-16-19(17)25-30-24-16/h1-11,18,26H,(H,23,27)/t18-/m1/s1. The minimum absolute atomic E-state index is 0.106. The van der Waals surface area contributed by atoms with Crippen molar-refractivity contribution in [1.82, 2.24) is 13.5 Å². The molecule has 3 aromatic carbocycles. The van der Waals surface area contributed by atoms with Crippen molar-refractivity contribution >= 4 is 56.0 Å². The number of sulfonamides is 1. The minimum Gasteiger partial charge on any atom is -0.322 e. The van der Waals surface area contributed by atoms with Gasteiger partial charge in [-0.1, -0.05) is 48.0 Å². The molecule has 0 aliphatic rings. The number of nitrogens with one attached hydrogen (secondary N) is 2. The van der Waals surface area contributed by atoms with Gasteiger partial charge in [-0.3, -0.25) is 4.79 Å². The SMILES string of the molecule is O=C(Nc1ccc(Cl)cc1F)[C@H](NS(=O)(=O)c1cccc2nsnc12)c1ccccc1. The van der Waals surface area contributed by atoms with Gasteiger partial charge in [0.25, 0.3) is 0 Å². The molecule has 4 aromatic rings. The van der Waals surface area contributed by atoms with Gasteiger partial charge in [0.05, 0.1) is 17.4 Å². The highest BCUT2D eigenvalue weighted by Crippen LogP contribution is 2.25. The lowest BCUT2D eigenvalue weighted by molar-refractivity contribution is -0.117. The van der Waals surface area contributed by atoms with Gasteiger partial charge in [-0.25, -0.2) is 12.8 Å². The lowest BCUT2D eigenvalue weighted by Gasteiger charge is -2.19. The Labute approximate surface area is 186 Å². The van der Waals surface area contributed by atoms with E-state index in [0.717, 1.165) is 17.8 Å². The number of halogens is 2. The molecule has 1 heterocycles. The molecule has 0 aliphatic carbocycles. The summed E-state index contributed by atoms with van der Waals surface area (Å²) in [5.74, 6) is -1.51. The van der Waals surface area contributed by atoms with Gasteiger partial charge in [0.15, 0.2) is 0 Å². The Morgan fingerprint density at radius 2 is 1.81 bits per heavy atom. The number of hydrogen-bond acceptors (Lipinski definition) is 6. The summed E-state index contributed by atoms with van der Waals surface area (Å²) < 4.78 is 51.0. The fourth-order valence-electron chi connectivity index (χ4n) is 2.93. The Morgan fingerprint density at radius 1 is 1.03 bits per heavy atom. The van der Waals surface area contributed by atoms with Crippen LogP contribution < -0.4 is 10.0 Å². The second-order valence-electron chi connectivity index (χ2n) is 6.47. The molecule has 0 saturated carbocycles. The zero-order chi connectivity index (χ0) is 22.0. The van der Waals surface area contributed by atoms with Crippen LogP contribution in [0.15, 0.2) is 71.6 Å². The molecule has 1 atom stereocenters. The summed E-state index contributed by atoms with van der Waals surface area (Å²) in [6.07, 6.45) is 0. The van der Waals surface area contributed by atoms with E-state index >= 15 is 0 Å². The summed E-state index contributed by atoms with van der Waals surface area (Å²) in [7, 11) is -4.18. The molecule has 1 amide bonds. The van der Waals surface area contributed by atoms with Crippen molar-refractivity contribution in [3.05, 3.63) is 83.1 Å². The van der Waals surface area contributed by atoms with Crippen LogP contribution in [-0.2, 0) is 14.8 Å². The zero-order valence-electron chi connectivity index (χ0n) is 15.6. The monoisotopic (exact) mass is 476 g/mol. The van der Waals surface area contributed by atoms with Crippen LogP contribution in [0.2, 0.25) is 5.02 Å². The number of fused-ring (bicyclic) bond motifs is 1. The lowest BCUT2D eigenvalue weighted by atomic mass is 10.1. The number of carbonyl (C=O) groups is 1. The summed E-state index contributed by atoms with van der Waals surface area (Å²) >= 11 is 6.64. The number of benzene rings is 3. The Kier molecular flexibility index (Phi) is 5.96. The molecular formula is C20H14ClFN4O3S2. The summed E-state index contributed by atoms with van der Waals surface area (Å²) in [5.41, 5.74) is 0.884. The molecule has 158 valence electrons. The van der Waals surface area contributed by atoms with E-state index < -0.39 is 27.8 Å². The van der Waals surface area contributed by atoms with Gasteiger partial charge < -0.3 is 5.32 Å². The topological polar surface area (TPSA) is 101 Å². The molecule has 31 heavy (non-hydrogen) atoms. The molecule has 0 saturated heterocycles. The Hall–Kier alpha value is -2.92. The first kappa shape index (κ1) is 21.3. The Bertz CT molecular complexity index is 1360. The molecule has 0 fully saturated rings.